The van der Waals surface area contributed by atoms with Crippen LogP contribution >= 0.6 is 0 Å². The van der Waals surface area contributed by atoms with E-state index >= 15 is 0 Å². The summed E-state index contributed by atoms with van der Waals surface area (Å²) in [6, 6.07) is 2.15. The molecule has 0 N–H and O–H groups in total. The van der Waals surface area contributed by atoms with Crippen molar-refractivity contribution in [2.24, 2.45) is 5.92 Å². The number of allylic oxidation sites excluding steroid dienone is 2. The highest BCUT2D eigenvalue weighted by molar-refractivity contribution is 6.00. The van der Waals surface area contributed by atoms with Gasteiger partial charge in [0, 0.05) is 6.61 Å². The number of ketones is 1. The van der Waals surface area contributed by atoms with Gasteiger partial charge in [-0.25, -0.2) is 0 Å². The SMILES string of the molecule is CCO[C@H]1OC2(C=CC(=O)C=C2)[C@H]1C#N. The van der Waals surface area contributed by atoms with Gasteiger partial charge in [-0.2, -0.15) is 5.26 Å². The molecule has 4 heteroatoms. The van der Waals surface area contributed by atoms with Gasteiger partial charge in [-0.05, 0) is 31.2 Å². The number of nitrogens with zero attached hydrogens (tertiary/aromatic N) is 1. The Bertz CT molecular complexity index is 362. The molecule has 78 valence electrons. The van der Waals surface area contributed by atoms with Crippen LogP contribution < -0.4 is 0 Å². The zero-order valence-corrected chi connectivity index (χ0v) is 8.34. The molecular weight excluding hydrogens is 194 g/mol. The number of ether oxygens (including phenoxy) is 2. The van der Waals surface area contributed by atoms with Gasteiger partial charge in [0.2, 0.25) is 0 Å². The van der Waals surface area contributed by atoms with Gasteiger partial charge in [0.1, 0.15) is 11.5 Å². The highest BCUT2D eigenvalue weighted by Gasteiger charge is 2.54. The summed E-state index contributed by atoms with van der Waals surface area (Å²) in [5, 5.41) is 9.00. The van der Waals surface area contributed by atoms with Crippen LogP contribution in [-0.4, -0.2) is 24.3 Å². The van der Waals surface area contributed by atoms with Crippen LogP contribution in [0.15, 0.2) is 24.3 Å². The Labute approximate surface area is 87.8 Å². The van der Waals surface area contributed by atoms with E-state index in [9.17, 15) is 4.79 Å². The van der Waals surface area contributed by atoms with E-state index in [1.807, 2.05) is 6.92 Å². The number of rotatable bonds is 2. The molecule has 1 aliphatic heterocycles. The third-order valence-corrected chi connectivity index (χ3v) is 2.56. The summed E-state index contributed by atoms with van der Waals surface area (Å²) in [6.07, 6.45) is 5.61. The highest BCUT2D eigenvalue weighted by Crippen LogP contribution is 2.42. The number of carbonyl (C=O) groups is 1. The molecule has 2 aliphatic rings. The van der Waals surface area contributed by atoms with Crippen molar-refractivity contribution >= 4 is 5.78 Å². The van der Waals surface area contributed by atoms with Crippen LogP contribution in [0.1, 0.15) is 6.92 Å². The molecule has 0 aromatic rings. The molecule has 4 nitrogen and oxygen atoms in total. The lowest BCUT2D eigenvalue weighted by Gasteiger charge is -2.48. The van der Waals surface area contributed by atoms with Crippen LogP contribution in [0.25, 0.3) is 0 Å². The van der Waals surface area contributed by atoms with E-state index in [4.69, 9.17) is 14.7 Å². The Morgan fingerprint density at radius 2 is 2.27 bits per heavy atom. The third-order valence-electron chi connectivity index (χ3n) is 2.56. The molecule has 0 saturated carbocycles. The maximum absolute atomic E-state index is 10.9. The zero-order valence-electron chi connectivity index (χ0n) is 8.34. The van der Waals surface area contributed by atoms with Crippen molar-refractivity contribution in [3.05, 3.63) is 24.3 Å². The Balaban J connectivity index is 2.14. The Morgan fingerprint density at radius 1 is 1.60 bits per heavy atom. The monoisotopic (exact) mass is 205 g/mol. The second-order valence-electron chi connectivity index (χ2n) is 3.47. The van der Waals surface area contributed by atoms with Crippen molar-refractivity contribution in [1.29, 1.82) is 5.26 Å². The van der Waals surface area contributed by atoms with Gasteiger partial charge in [-0.15, -0.1) is 0 Å². The van der Waals surface area contributed by atoms with E-state index in [1.165, 1.54) is 12.2 Å². The van der Waals surface area contributed by atoms with Gasteiger partial charge in [-0.3, -0.25) is 4.79 Å². The quantitative estimate of drug-likeness (QED) is 0.673. The standard InChI is InChI=1S/C11H11NO3/c1-2-14-10-9(7-12)11(15-10)5-3-8(13)4-6-11/h3-6,9-10H,2H2,1H3/t9-,10-/m0/s1. The Morgan fingerprint density at radius 3 is 2.80 bits per heavy atom. The summed E-state index contributed by atoms with van der Waals surface area (Å²) < 4.78 is 10.7. The number of hydrogen-bond donors (Lipinski definition) is 0. The van der Waals surface area contributed by atoms with Crippen LogP contribution in [0.5, 0.6) is 0 Å². The van der Waals surface area contributed by atoms with Crippen LogP contribution in [0.4, 0.5) is 0 Å². The van der Waals surface area contributed by atoms with Crippen LogP contribution in [0.2, 0.25) is 0 Å². The molecule has 0 radical (unpaired) electrons. The van der Waals surface area contributed by atoms with E-state index in [0.29, 0.717) is 6.61 Å². The van der Waals surface area contributed by atoms with Crippen molar-refractivity contribution in [3.8, 4) is 6.07 Å². The maximum Gasteiger partial charge on any atom is 0.178 e. The number of carbonyl (C=O) groups excluding carboxylic acids is 1. The molecule has 1 spiro atoms. The second-order valence-corrected chi connectivity index (χ2v) is 3.47. The van der Waals surface area contributed by atoms with E-state index in [-0.39, 0.29) is 11.7 Å². The fraction of sp³-hybridized carbons (Fsp3) is 0.455. The number of hydrogen-bond acceptors (Lipinski definition) is 4. The van der Waals surface area contributed by atoms with Gasteiger partial charge in [-0.1, -0.05) is 0 Å². The summed E-state index contributed by atoms with van der Waals surface area (Å²) in [5.41, 5.74) is -0.748. The van der Waals surface area contributed by atoms with Crippen molar-refractivity contribution < 1.29 is 14.3 Å². The molecular formula is C11H11NO3. The molecule has 1 saturated heterocycles. The largest absolute Gasteiger partial charge is 0.351 e. The predicted molar refractivity (Wildman–Crippen MR) is 51.6 cm³/mol. The zero-order chi connectivity index (χ0) is 10.9. The van der Waals surface area contributed by atoms with Gasteiger partial charge < -0.3 is 9.47 Å². The minimum Gasteiger partial charge on any atom is -0.351 e. The first kappa shape index (κ1) is 10.1. The second kappa shape index (κ2) is 3.61. The Hall–Kier alpha value is -1.44. The molecule has 15 heavy (non-hydrogen) atoms. The first-order valence-corrected chi connectivity index (χ1v) is 4.83. The van der Waals surface area contributed by atoms with Crippen molar-refractivity contribution in [3.63, 3.8) is 0 Å². The number of nitriles is 1. The smallest absolute Gasteiger partial charge is 0.178 e. The summed E-state index contributed by atoms with van der Waals surface area (Å²) in [6.45, 7) is 2.35. The van der Waals surface area contributed by atoms with Crippen molar-refractivity contribution in [2.45, 2.75) is 18.8 Å². The Kier molecular flexibility index (Phi) is 2.43. The first-order chi connectivity index (χ1) is 7.22. The molecule has 0 aromatic carbocycles. The van der Waals surface area contributed by atoms with E-state index in [0.717, 1.165) is 0 Å². The fourth-order valence-corrected chi connectivity index (χ4v) is 1.76. The molecule has 1 aliphatic carbocycles. The topological polar surface area (TPSA) is 59.3 Å². The first-order valence-electron chi connectivity index (χ1n) is 4.83. The normalized spacial score (nSPS) is 31.3. The fourth-order valence-electron chi connectivity index (χ4n) is 1.76. The minimum atomic E-state index is -0.748. The summed E-state index contributed by atoms with van der Waals surface area (Å²) in [7, 11) is 0. The maximum atomic E-state index is 10.9. The van der Waals surface area contributed by atoms with Gasteiger partial charge in [0.25, 0.3) is 0 Å². The summed E-state index contributed by atoms with van der Waals surface area (Å²) >= 11 is 0. The molecule has 1 fully saturated rings. The molecule has 2 atom stereocenters. The average Bonchev–Trinajstić information content (AvgIpc) is 2.21. The molecule has 0 aromatic heterocycles. The van der Waals surface area contributed by atoms with E-state index in [1.54, 1.807) is 12.2 Å². The van der Waals surface area contributed by atoms with E-state index < -0.39 is 11.9 Å². The van der Waals surface area contributed by atoms with E-state index in [2.05, 4.69) is 6.07 Å². The van der Waals surface area contributed by atoms with Crippen molar-refractivity contribution in [1.82, 2.24) is 0 Å². The van der Waals surface area contributed by atoms with Gasteiger partial charge in [0.15, 0.2) is 12.1 Å². The molecule has 0 bridgehead atoms. The van der Waals surface area contributed by atoms with Crippen LogP contribution in [-0.2, 0) is 14.3 Å². The van der Waals surface area contributed by atoms with Gasteiger partial charge in [0.05, 0.1) is 6.07 Å². The molecule has 1 heterocycles. The lowest BCUT2D eigenvalue weighted by atomic mass is 9.79. The molecule has 0 amide bonds. The minimum absolute atomic E-state index is 0.0826. The van der Waals surface area contributed by atoms with Gasteiger partial charge >= 0.3 is 0 Å². The average molecular weight is 205 g/mol. The highest BCUT2D eigenvalue weighted by atomic mass is 16.7. The molecule has 2 rings (SSSR count). The summed E-state index contributed by atoms with van der Waals surface area (Å²) in [5.74, 6) is -0.459. The van der Waals surface area contributed by atoms with Crippen molar-refractivity contribution in [2.75, 3.05) is 6.61 Å². The van der Waals surface area contributed by atoms with Crippen LogP contribution in [0.3, 0.4) is 0 Å². The predicted octanol–water partition coefficient (Wildman–Crippen LogP) is 0.953. The summed E-state index contributed by atoms with van der Waals surface area (Å²) in [4.78, 5) is 10.9. The molecule has 0 unspecified atom stereocenters. The van der Waals surface area contributed by atoms with Crippen LogP contribution in [0, 0.1) is 17.2 Å². The third kappa shape index (κ3) is 1.50. The lowest BCUT2D eigenvalue weighted by molar-refractivity contribution is -0.300. The lowest BCUT2D eigenvalue weighted by Crippen LogP contribution is -2.58.